The Labute approximate surface area is 134 Å². The predicted molar refractivity (Wildman–Crippen MR) is 85.4 cm³/mol. The first kappa shape index (κ1) is 19.6. The maximum atomic E-state index is 9.20. The molecule has 1 aliphatic rings. The molecule has 22 heavy (non-hydrogen) atoms. The topological polar surface area (TPSA) is 57.2 Å². The molecule has 0 amide bonds. The quantitative estimate of drug-likeness (QED) is 0.523. The Kier molecular flexibility index (Phi) is 8.00. The second-order valence-electron chi connectivity index (χ2n) is 6.68. The van der Waals surface area contributed by atoms with Crippen molar-refractivity contribution in [3.8, 4) is 0 Å². The molecule has 4 atom stereocenters. The minimum absolute atomic E-state index is 0.00836. The highest BCUT2D eigenvalue weighted by molar-refractivity contribution is 4.99. The number of methoxy groups -OCH3 is 1. The van der Waals surface area contributed by atoms with Crippen LogP contribution in [0.15, 0.2) is 12.2 Å². The van der Waals surface area contributed by atoms with E-state index >= 15 is 0 Å². The maximum absolute atomic E-state index is 9.20. The fraction of sp³-hybridized carbons (Fsp3) is 0.882. The van der Waals surface area contributed by atoms with Gasteiger partial charge in [0.25, 0.3) is 0 Å². The first-order chi connectivity index (χ1) is 10.3. The summed E-state index contributed by atoms with van der Waals surface area (Å²) in [6.07, 6.45) is 4.62. The lowest BCUT2D eigenvalue weighted by molar-refractivity contribution is -0.149. The van der Waals surface area contributed by atoms with Crippen molar-refractivity contribution in [2.75, 3.05) is 20.5 Å². The highest BCUT2D eigenvalue weighted by Crippen LogP contribution is 2.34. The van der Waals surface area contributed by atoms with Crippen LogP contribution in [0.4, 0.5) is 0 Å². The lowest BCUT2D eigenvalue weighted by Gasteiger charge is -2.22. The number of ether oxygens (including phenoxy) is 4. The van der Waals surface area contributed by atoms with E-state index in [1.165, 1.54) is 0 Å². The van der Waals surface area contributed by atoms with Crippen LogP contribution < -0.4 is 0 Å². The molecule has 0 bridgehead atoms. The molecule has 0 saturated carbocycles. The second-order valence-corrected chi connectivity index (χ2v) is 6.68. The molecule has 0 radical (unpaired) electrons. The molecule has 5 nitrogen and oxygen atoms in total. The third kappa shape index (κ3) is 5.97. The Morgan fingerprint density at radius 2 is 1.86 bits per heavy atom. The normalized spacial score (nSPS) is 27.6. The molecular weight excluding hydrogens is 284 g/mol. The lowest BCUT2D eigenvalue weighted by Crippen LogP contribution is -2.30. The van der Waals surface area contributed by atoms with E-state index in [4.69, 9.17) is 18.9 Å². The molecule has 5 heteroatoms. The van der Waals surface area contributed by atoms with Gasteiger partial charge in [-0.05, 0) is 26.2 Å². The standard InChI is InChI=1S/C17H32O5/c1-12(2)14(20-11-19-6)8-7-13(3)16-15(9-10-18)21-17(4,5)22-16/h7-8,12-16,18H,9-11H2,1-6H3/b8-7-/t13?,14-,15+,16-/m1/s1. The van der Waals surface area contributed by atoms with Crippen LogP contribution in [0.5, 0.6) is 0 Å². The Bertz CT molecular complexity index is 340. The van der Waals surface area contributed by atoms with E-state index in [1.807, 2.05) is 13.8 Å². The summed E-state index contributed by atoms with van der Waals surface area (Å²) in [4.78, 5) is 0. The third-order valence-electron chi connectivity index (χ3n) is 3.79. The highest BCUT2D eigenvalue weighted by atomic mass is 16.8. The summed E-state index contributed by atoms with van der Waals surface area (Å²) in [7, 11) is 1.62. The molecule has 1 N–H and O–H groups in total. The number of rotatable bonds is 9. The van der Waals surface area contributed by atoms with Crippen molar-refractivity contribution in [2.45, 2.75) is 65.1 Å². The molecule has 0 aliphatic carbocycles. The summed E-state index contributed by atoms with van der Waals surface area (Å²) in [6.45, 7) is 10.5. The molecule has 1 unspecified atom stereocenters. The van der Waals surface area contributed by atoms with Crippen LogP contribution >= 0.6 is 0 Å². The van der Waals surface area contributed by atoms with Crippen molar-refractivity contribution < 1.29 is 24.1 Å². The van der Waals surface area contributed by atoms with Gasteiger partial charge in [0.1, 0.15) is 6.79 Å². The van der Waals surface area contributed by atoms with Crippen molar-refractivity contribution in [3.05, 3.63) is 12.2 Å². The van der Waals surface area contributed by atoms with Gasteiger partial charge < -0.3 is 24.1 Å². The summed E-state index contributed by atoms with van der Waals surface area (Å²) in [6, 6.07) is 0. The minimum atomic E-state index is -0.601. The Morgan fingerprint density at radius 1 is 1.18 bits per heavy atom. The van der Waals surface area contributed by atoms with Crippen LogP contribution in [-0.4, -0.2) is 49.7 Å². The van der Waals surface area contributed by atoms with Crippen LogP contribution in [0.2, 0.25) is 0 Å². The van der Waals surface area contributed by atoms with Gasteiger partial charge in [-0.25, -0.2) is 0 Å². The van der Waals surface area contributed by atoms with Crippen LogP contribution in [0.3, 0.4) is 0 Å². The molecule has 0 aromatic carbocycles. The van der Waals surface area contributed by atoms with Gasteiger partial charge in [0.2, 0.25) is 0 Å². The van der Waals surface area contributed by atoms with Crippen LogP contribution in [0.25, 0.3) is 0 Å². The minimum Gasteiger partial charge on any atom is -0.396 e. The summed E-state index contributed by atoms with van der Waals surface area (Å²) in [5.74, 6) is -0.0638. The molecule has 1 heterocycles. The highest BCUT2D eigenvalue weighted by Gasteiger charge is 2.42. The molecule has 1 saturated heterocycles. The summed E-state index contributed by atoms with van der Waals surface area (Å²) >= 11 is 0. The van der Waals surface area contributed by atoms with Gasteiger partial charge >= 0.3 is 0 Å². The van der Waals surface area contributed by atoms with Gasteiger partial charge in [0, 0.05) is 19.6 Å². The van der Waals surface area contributed by atoms with Crippen LogP contribution in [0, 0.1) is 11.8 Å². The van der Waals surface area contributed by atoms with Gasteiger partial charge in [-0.1, -0.05) is 32.9 Å². The SMILES string of the molecule is COCO[C@H](/C=C\C(C)[C@H]1OC(C)(C)O[C@H]1CCO)C(C)C. The molecule has 0 aromatic rings. The monoisotopic (exact) mass is 316 g/mol. The summed E-state index contributed by atoms with van der Waals surface area (Å²) in [5, 5.41) is 9.20. The van der Waals surface area contributed by atoms with Crippen molar-refractivity contribution in [2.24, 2.45) is 11.8 Å². The second kappa shape index (κ2) is 8.99. The Hall–Kier alpha value is -0.460. The van der Waals surface area contributed by atoms with Crippen LogP contribution in [-0.2, 0) is 18.9 Å². The zero-order chi connectivity index (χ0) is 16.8. The predicted octanol–water partition coefficient (Wildman–Crippen LogP) is 2.73. The first-order valence-corrected chi connectivity index (χ1v) is 8.06. The average molecular weight is 316 g/mol. The van der Waals surface area contributed by atoms with Crippen molar-refractivity contribution in [3.63, 3.8) is 0 Å². The van der Waals surface area contributed by atoms with E-state index in [-0.39, 0.29) is 37.6 Å². The van der Waals surface area contributed by atoms with E-state index in [0.717, 1.165) is 0 Å². The fourth-order valence-corrected chi connectivity index (χ4v) is 2.67. The fourth-order valence-electron chi connectivity index (χ4n) is 2.67. The number of hydrogen-bond acceptors (Lipinski definition) is 5. The molecule has 0 aromatic heterocycles. The largest absolute Gasteiger partial charge is 0.396 e. The molecule has 130 valence electrons. The maximum Gasteiger partial charge on any atom is 0.163 e. The van der Waals surface area contributed by atoms with E-state index in [2.05, 4.69) is 32.9 Å². The molecule has 1 fully saturated rings. The first-order valence-electron chi connectivity index (χ1n) is 8.06. The van der Waals surface area contributed by atoms with Crippen LogP contribution in [0.1, 0.15) is 41.0 Å². The zero-order valence-corrected chi connectivity index (χ0v) is 14.7. The molecular formula is C17H32O5. The van der Waals surface area contributed by atoms with E-state index in [9.17, 15) is 5.11 Å². The zero-order valence-electron chi connectivity index (χ0n) is 14.7. The third-order valence-corrected chi connectivity index (χ3v) is 3.79. The molecule has 0 spiro atoms. The lowest BCUT2D eigenvalue weighted by atomic mass is 9.96. The molecule has 1 aliphatic heterocycles. The van der Waals surface area contributed by atoms with Gasteiger partial charge in [0.05, 0.1) is 18.3 Å². The van der Waals surface area contributed by atoms with E-state index in [0.29, 0.717) is 12.3 Å². The van der Waals surface area contributed by atoms with Crippen molar-refractivity contribution in [1.29, 1.82) is 0 Å². The molecule has 1 rings (SSSR count). The Balaban J connectivity index is 2.68. The number of aliphatic hydroxyl groups is 1. The van der Waals surface area contributed by atoms with Crippen molar-refractivity contribution >= 4 is 0 Å². The van der Waals surface area contributed by atoms with E-state index < -0.39 is 5.79 Å². The van der Waals surface area contributed by atoms with E-state index in [1.54, 1.807) is 7.11 Å². The summed E-state index contributed by atoms with van der Waals surface area (Å²) < 4.78 is 22.5. The average Bonchev–Trinajstić information content (AvgIpc) is 2.73. The number of aliphatic hydroxyl groups excluding tert-OH is 1. The Morgan fingerprint density at radius 3 is 2.41 bits per heavy atom. The van der Waals surface area contributed by atoms with Gasteiger partial charge in [-0.15, -0.1) is 0 Å². The van der Waals surface area contributed by atoms with Gasteiger partial charge in [0.15, 0.2) is 5.79 Å². The summed E-state index contributed by atoms with van der Waals surface area (Å²) in [5.41, 5.74) is 0. The van der Waals surface area contributed by atoms with Gasteiger partial charge in [-0.3, -0.25) is 0 Å². The number of hydrogen-bond donors (Lipinski definition) is 1. The van der Waals surface area contributed by atoms with Crippen molar-refractivity contribution in [1.82, 2.24) is 0 Å². The smallest absolute Gasteiger partial charge is 0.163 e. The van der Waals surface area contributed by atoms with Gasteiger partial charge in [-0.2, -0.15) is 0 Å².